The van der Waals surface area contributed by atoms with Gasteiger partial charge in [-0.25, -0.2) is 0 Å². The lowest BCUT2D eigenvalue weighted by molar-refractivity contribution is 0.104. The van der Waals surface area contributed by atoms with Gasteiger partial charge in [-0.3, -0.25) is 4.79 Å². The van der Waals surface area contributed by atoms with E-state index in [-0.39, 0.29) is 17.1 Å². The molecule has 0 amide bonds. The van der Waals surface area contributed by atoms with E-state index in [2.05, 4.69) is 0 Å². The molecule has 4 heteroatoms. The normalized spacial score (nSPS) is 15.2. The zero-order valence-corrected chi connectivity index (χ0v) is 14.5. The Balaban J connectivity index is 1.62. The maximum Gasteiger partial charge on any atom is 0.189 e. The van der Waals surface area contributed by atoms with E-state index in [1.165, 1.54) is 6.08 Å². The molecule has 26 heavy (non-hydrogen) atoms. The summed E-state index contributed by atoms with van der Waals surface area (Å²) >= 11 is 0. The summed E-state index contributed by atoms with van der Waals surface area (Å²) in [5.74, 6) is 0.229. The summed E-state index contributed by atoms with van der Waals surface area (Å²) in [6.07, 6.45) is 8.43. The van der Waals surface area contributed by atoms with E-state index in [1.54, 1.807) is 30.5 Å². The Morgan fingerprint density at radius 1 is 1.15 bits per heavy atom. The molecule has 0 atom stereocenters. The predicted octanol–water partition coefficient (Wildman–Crippen LogP) is 5.22. The fraction of sp³-hybridized carbons (Fsp3) is 0.136. The van der Waals surface area contributed by atoms with Crippen LogP contribution in [0.5, 0.6) is 11.5 Å². The van der Waals surface area contributed by atoms with Gasteiger partial charge in [-0.2, -0.15) is 0 Å². The SMILES string of the molecule is CC1(C)C=Cc2c(ccc(C(=O)/C=C/c3ccc4ccoc4c3)c2O)O1. The summed E-state index contributed by atoms with van der Waals surface area (Å²) < 4.78 is 11.2. The Hall–Kier alpha value is -3.27. The summed E-state index contributed by atoms with van der Waals surface area (Å²) in [7, 11) is 0. The number of phenolic OH excluding ortho intramolecular Hbond substituents is 1. The Morgan fingerprint density at radius 3 is 2.85 bits per heavy atom. The van der Waals surface area contributed by atoms with Crippen molar-refractivity contribution < 1.29 is 19.1 Å². The number of carbonyl (C=O) groups excluding carboxylic acids is 1. The zero-order valence-electron chi connectivity index (χ0n) is 14.5. The van der Waals surface area contributed by atoms with E-state index in [1.807, 2.05) is 44.2 Å². The number of phenols is 1. The van der Waals surface area contributed by atoms with Gasteiger partial charge in [0.25, 0.3) is 0 Å². The van der Waals surface area contributed by atoms with Gasteiger partial charge in [0.15, 0.2) is 5.78 Å². The molecule has 0 spiro atoms. The maximum atomic E-state index is 12.5. The van der Waals surface area contributed by atoms with Crippen LogP contribution in [-0.2, 0) is 0 Å². The first-order valence-electron chi connectivity index (χ1n) is 8.37. The Bertz CT molecular complexity index is 1070. The number of rotatable bonds is 3. The molecule has 2 aromatic carbocycles. The first kappa shape index (κ1) is 16.2. The molecule has 0 fully saturated rings. The van der Waals surface area contributed by atoms with E-state index in [9.17, 15) is 9.90 Å². The van der Waals surface area contributed by atoms with Crippen molar-refractivity contribution in [2.24, 2.45) is 0 Å². The molecule has 1 N–H and O–H groups in total. The van der Waals surface area contributed by atoms with Gasteiger partial charge < -0.3 is 14.3 Å². The minimum Gasteiger partial charge on any atom is -0.506 e. The molecule has 0 unspecified atom stereocenters. The van der Waals surface area contributed by atoms with Crippen molar-refractivity contribution in [2.75, 3.05) is 0 Å². The first-order chi connectivity index (χ1) is 12.4. The molecule has 4 nitrogen and oxygen atoms in total. The van der Waals surface area contributed by atoms with Gasteiger partial charge in [-0.15, -0.1) is 0 Å². The van der Waals surface area contributed by atoms with Crippen LogP contribution in [0.2, 0.25) is 0 Å². The third-order valence-electron chi connectivity index (χ3n) is 4.37. The van der Waals surface area contributed by atoms with Crippen molar-refractivity contribution in [3.63, 3.8) is 0 Å². The number of ketones is 1. The van der Waals surface area contributed by atoms with Crippen LogP contribution in [0.15, 0.2) is 59.2 Å². The zero-order chi connectivity index (χ0) is 18.3. The van der Waals surface area contributed by atoms with Gasteiger partial charge in [0.2, 0.25) is 0 Å². The van der Waals surface area contributed by atoms with Crippen LogP contribution in [0.1, 0.15) is 35.3 Å². The van der Waals surface area contributed by atoms with Crippen molar-refractivity contribution >= 4 is 28.9 Å². The highest BCUT2D eigenvalue weighted by Crippen LogP contribution is 2.38. The van der Waals surface area contributed by atoms with Crippen molar-refractivity contribution in [1.82, 2.24) is 0 Å². The highest BCUT2D eigenvalue weighted by molar-refractivity contribution is 6.09. The summed E-state index contributed by atoms with van der Waals surface area (Å²) in [5, 5.41) is 11.5. The Labute approximate surface area is 151 Å². The molecule has 3 aromatic rings. The monoisotopic (exact) mass is 346 g/mol. The number of aromatic hydroxyl groups is 1. The summed E-state index contributed by atoms with van der Waals surface area (Å²) in [6.45, 7) is 3.86. The number of carbonyl (C=O) groups is 1. The van der Waals surface area contributed by atoms with E-state index in [0.29, 0.717) is 11.3 Å². The van der Waals surface area contributed by atoms with Crippen molar-refractivity contribution in [1.29, 1.82) is 0 Å². The van der Waals surface area contributed by atoms with Crippen LogP contribution < -0.4 is 4.74 Å². The Kier molecular flexibility index (Phi) is 3.69. The number of allylic oxidation sites excluding steroid dienone is 1. The van der Waals surface area contributed by atoms with E-state index >= 15 is 0 Å². The topological polar surface area (TPSA) is 59.7 Å². The average Bonchev–Trinajstić information content (AvgIpc) is 3.06. The molecular formula is C22H18O4. The van der Waals surface area contributed by atoms with Gasteiger partial charge in [0.1, 0.15) is 22.7 Å². The third-order valence-corrected chi connectivity index (χ3v) is 4.37. The minimum absolute atomic E-state index is 0.0645. The first-order valence-corrected chi connectivity index (χ1v) is 8.37. The molecular weight excluding hydrogens is 328 g/mol. The van der Waals surface area contributed by atoms with Crippen LogP contribution in [0.3, 0.4) is 0 Å². The minimum atomic E-state index is -0.435. The molecule has 4 rings (SSSR count). The van der Waals surface area contributed by atoms with Gasteiger partial charge >= 0.3 is 0 Å². The smallest absolute Gasteiger partial charge is 0.189 e. The van der Waals surface area contributed by atoms with E-state index in [0.717, 1.165) is 16.5 Å². The summed E-state index contributed by atoms with van der Waals surface area (Å²) in [5.41, 5.74) is 1.95. The second-order valence-electron chi connectivity index (χ2n) is 6.83. The fourth-order valence-corrected chi connectivity index (χ4v) is 2.98. The lowest BCUT2D eigenvalue weighted by Gasteiger charge is -2.28. The van der Waals surface area contributed by atoms with Crippen LogP contribution in [0.4, 0.5) is 0 Å². The largest absolute Gasteiger partial charge is 0.506 e. The number of fused-ring (bicyclic) bond motifs is 2. The van der Waals surface area contributed by atoms with Crippen LogP contribution >= 0.6 is 0 Å². The summed E-state index contributed by atoms with van der Waals surface area (Å²) in [4.78, 5) is 12.5. The number of ether oxygens (including phenoxy) is 1. The maximum absolute atomic E-state index is 12.5. The van der Waals surface area contributed by atoms with Crippen molar-refractivity contribution in [2.45, 2.75) is 19.4 Å². The molecule has 0 bridgehead atoms. The molecule has 0 aliphatic carbocycles. The van der Waals surface area contributed by atoms with Gasteiger partial charge in [0, 0.05) is 5.39 Å². The summed E-state index contributed by atoms with van der Waals surface area (Å²) in [6, 6.07) is 10.9. The second-order valence-corrected chi connectivity index (χ2v) is 6.83. The average molecular weight is 346 g/mol. The molecule has 0 saturated heterocycles. The van der Waals surface area contributed by atoms with Crippen LogP contribution in [-0.4, -0.2) is 16.5 Å². The molecule has 1 aromatic heterocycles. The Morgan fingerprint density at radius 2 is 2.00 bits per heavy atom. The van der Waals surface area contributed by atoms with Gasteiger partial charge in [-0.1, -0.05) is 18.2 Å². The molecule has 1 aliphatic rings. The predicted molar refractivity (Wildman–Crippen MR) is 101 cm³/mol. The highest BCUT2D eigenvalue weighted by Gasteiger charge is 2.25. The quantitative estimate of drug-likeness (QED) is 0.522. The fourth-order valence-electron chi connectivity index (χ4n) is 2.98. The van der Waals surface area contributed by atoms with Crippen LogP contribution in [0, 0.1) is 0 Å². The highest BCUT2D eigenvalue weighted by atomic mass is 16.5. The number of hydrogen-bond acceptors (Lipinski definition) is 4. The molecule has 0 saturated carbocycles. The standard InChI is InChI=1S/C22H18O4/c1-22(2)11-9-17-19(26-22)8-6-16(21(17)24)18(23)7-4-14-3-5-15-10-12-25-20(15)13-14/h3-13,24H,1-2H3/b7-4+. The molecule has 1 aliphatic heterocycles. The second kappa shape index (κ2) is 5.92. The van der Waals surface area contributed by atoms with E-state index < -0.39 is 5.60 Å². The van der Waals surface area contributed by atoms with Crippen molar-refractivity contribution in [3.8, 4) is 11.5 Å². The van der Waals surface area contributed by atoms with Crippen LogP contribution in [0.25, 0.3) is 23.1 Å². The third kappa shape index (κ3) is 2.90. The molecule has 2 heterocycles. The lowest BCUT2D eigenvalue weighted by Crippen LogP contribution is -2.27. The number of hydrogen-bond donors (Lipinski definition) is 1. The molecule has 130 valence electrons. The van der Waals surface area contributed by atoms with Gasteiger partial charge in [0.05, 0.1) is 17.4 Å². The van der Waals surface area contributed by atoms with Crippen molar-refractivity contribution in [3.05, 3.63) is 71.5 Å². The number of benzene rings is 2. The van der Waals surface area contributed by atoms with E-state index in [4.69, 9.17) is 9.15 Å². The lowest BCUT2D eigenvalue weighted by atomic mass is 9.98. The van der Waals surface area contributed by atoms with Gasteiger partial charge in [-0.05, 0) is 61.9 Å². The number of furan rings is 1. The molecule has 0 radical (unpaired) electrons.